The van der Waals surface area contributed by atoms with Gasteiger partial charge in [0.05, 0.1) is 12.1 Å². The summed E-state index contributed by atoms with van der Waals surface area (Å²) >= 11 is 5.09. The highest BCUT2D eigenvalue weighted by molar-refractivity contribution is 7.80. The number of thiocarbonyl (C=S) groups is 1. The van der Waals surface area contributed by atoms with Crippen LogP contribution < -0.4 is 16.4 Å². The molecule has 1 aromatic carbocycles. The van der Waals surface area contributed by atoms with Gasteiger partial charge in [0.25, 0.3) is 0 Å². The van der Waals surface area contributed by atoms with Crippen LogP contribution in [0.2, 0.25) is 0 Å². The minimum absolute atomic E-state index is 0.0238. The molecule has 3 rings (SSSR count). The number of amides is 1. The first kappa shape index (κ1) is 13.8. The summed E-state index contributed by atoms with van der Waals surface area (Å²) in [6.07, 6.45) is 2.15. The van der Waals surface area contributed by atoms with Gasteiger partial charge in [0.1, 0.15) is 10.8 Å². The Balaban J connectivity index is 1.81. The summed E-state index contributed by atoms with van der Waals surface area (Å²) in [7, 11) is 0. The summed E-state index contributed by atoms with van der Waals surface area (Å²) in [5.41, 5.74) is 7.34. The zero-order valence-corrected chi connectivity index (χ0v) is 12.2. The van der Waals surface area contributed by atoms with E-state index in [1.807, 2.05) is 24.3 Å². The number of rotatable bonds is 5. The van der Waals surface area contributed by atoms with Gasteiger partial charge in [0.2, 0.25) is 5.91 Å². The van der Waals surface area contributed by atoms with Gasteiger partial charge in [-0.15, -0.1) is 0 Å². The molecule has 6 heteroatoms. The van der Waals surface area contributed by atoms with Crippen LogP contribution in [-0.4, -0.2) is 28.5 Å². The second-order valence-corrected chi connectivity index (χ2v) is 5.57. The lowest BCUT2D eigenvalue weighted by atomic mass is 10.1. The molecule has 1 aromatic heterocycles. The van der Waals surface area contributed by atoms with Crippen molar-refractivity contribution < 1.29 is 4.79 Å². The third-order valence-electron chi connectivity index (χ3n) is 3.35. The minimum atomic E-state index is -0.0238. The second kappa shape index (κ2) is 5.65. The summed E-state index contributed by atoms with van der Waals surface area (Å²) in [4.78, 5) is 16.5. The highest BCUT2D eigenvalue weighted by Crippen LogP contribution is 2.21. The van der Waals surface area contributed by atoms with E-state index in [1.54, 1.807) is 6.07 Å². The first-order chi connectivity index (χ1) is 10.1. The van der Waals surface area contributed by atoms with Crippen LogP contribution >= 0.6 is 12.2 Å². The van der Waals surface area contributed by atoms with Crippen molar-refractivity contribution in [3.8, 4) is 0 Å². The van der Waals surface area contributed by atoms with Crippen LogP contribution in [0.5, 0.6) is 0 Å². The lowest BCUT2D eigenvalue weighted by Gasteiger charge is -2.10. The number of fused-ring (bicyclic) bond motifs is 1. The zero-order chi connectivity index (χ0) is 14.8. The van der Waals surface area contributed by atoms with Gasteiger partial charge >= 0.3 is 0 Å². The number of hydrogen-bond acceptors (Lipinski definition) is 4. The number of nitrogens with zero attached hydrogens (tertiary/aromatic N) is 1. The minimum Gasteiger partial charge on any atom is -0.389 e. The number of hydrogen-bond donors (Lipinski definition) is 3. The quantitative estimate of drug-likeness (QED) is 0.730. The summed E-state index contributed by atoms with van der Waals surface area (Å²) in [6.45, 7) is 0.193. The van der Waals surface area contributed by atoms with Crippen LogP contribution in [0, 0.1) is 0 Å². The van der Waals surface area contributed by atoms with Gasteiger partial charge in [-0.3, -0.25) is 4.79 Å². The molecule has 0 saturated heterocycles. The number of nitrogens with two attached hydrogens (primary N) is 1. The molecule has 0 spiro atoms. The fourth-order valence-corrected chi connectivity index (χ4v) is 2.32. The lowest BCUT2D eigenvalue weighted by molar-refractivity contribution is -0.119. The van der Waals surface area contributed by atoms with Crippen molar-refractivity contribution in [2.24, 2.45) is 5.73 Å². The van der Waals surface area contributed by atoms with Gasteiger partial charge in [-0.2, -0.15) is 0 Å². The molecular formula is C15H16N4OS. The average Bonchev–Trinajstić information content (AvgIpc) is 3.28. The van der Waals surface area contributed by atoms with E-state index in [4.69, 9.17) is 18.0 Å². The van der Waals surface area contributed by atoms with Gasteiger partial charge < -0.3 is 16.4 Å². The number of nitrogens with one attached hydrogen (secondary N) is 2. The standard InChI is InChI=1S/C15H16N4OS/c16-15(21)11-7-13(17-8-14(20)18-9-5-6-9)19-12-4-2-1-3-10(11)12/h1-4,7,9H,5-6,8H2,(H2,16,21)(H,17,19)(H,18,20). The van der Waals surface area contributed by atoms with Crippen LogP contribution in [0.25, 0.3) is 10.9 Å². The van der Waals surface area contributed by atoms with E-state index >= 15 is 0 Å². The number of pyridine rings is 1. The summed E-state index contributed by atoms with van der Waals surface area (Å²) in [5.74, 6) is 0.576. The predicted octanol–water partition coefficient (Wildman–Crippen LogP) is 1.56. The number of carbonyl (C=O) groups excluding carboxylic acids is 1. The molecule has 1 saturated carbocycles. The van der Waals surface area contributed by atoms with Crippen LogP contribution in [0.1, 0.15) is 18.4 Å². The van der Waals surface area contributed by atoms with Crippen molar-refractivity contribution in [2.45, 2.75) is 18.9 Å². The molecule has 1 aliphatic rings. The number of anilines is 1. The van der Waals surface area contributed by atoms with E-state index in [0.29, 0.717) is 16.8 Å². The topological polar surface area (TPSA) is 80.0 Å². The predicted molar refractivity (Wildman–Crippen MR) is 87.3 cm³/mol. The number of aromatic nitrogens is 1. The Kier molecular flexibility index (Phi) is 3.70. The third kappa shape index (κ3) is 3.28. The maximum absolute atomic E-state index is 11.7. The second-order valence-electron chi connectivity index (χ2n) is 5.13. The van der Waals surface area contributed by atoms with Crippen molar-refractivity contribution in [1.29, 1.82) is 0 Å². The van der Waals surface area contributed by atoms with Crippen LogP contribution in [0.4, 0.5) is 5.82 Å². The Hall–Kier alpha value is -2.21. The monoisotopic (exact) mass is 300 g/mol. The molecule has 5 nitrogen and oxygen atoms in total. The van der Waals surface area contributed by atoms with Crippen molar-refractivity contribution in [2.75, 3.05) is 11.9 Å². The van der Waals surface area contributed by atoms with Gasteiger partial charge in [-0.1, -0.05) is 30.4 Å². The van der Waals surface area contributed by atoms with Gasteiger partial charge in [0, 0.05) is 17.0 Å². The maximum atomic E-state index is 11.7. The first-order valence-corrected chi connectivity index (χ1v) is 7.27. The Labute approximate surface area is 127 Å². The number of benzene rings is 1. The highest BCUT2D eigenvalue weighted by atomic mass is 32.1. The molecule has 0 atom stereocenters. The van der Waals surface area contributed by atoms with Gasteiger partial charge in [-0.05, 0) is 25.0 Å². The zero-order valence-electron chi connectivity index (χ0n) is 11.4. The lowest BCUT2D eigenvalue weighted by Crippen LogP contribution is -2.31. The normalized spacial score (nSPS) is 13.9. The third-order valence-corrected chi connectivity index (χ3v) is 3.57. The van der Waals surface area contributed by atoms with Gasteiger partial charge in [0.15, 0.2) is 0 Å². The molecule has 0 unspecified atom stereocenters. The van der Waals surface area contributed by atoms with Crippen LogP contribution in [0.3, 0.4) is 0 Å². The summed E-state index contributed by atoms with van der Waals surface area (Å²) in [6, 6.07) is 9.79. The van der Waals surface area contributed by atoms with E-state index in [0.717, 1.165) is 29.3 Å². The fourth-order valence-electron chi connectivity index (χ4n) is 2.15. The van der Waals surface area contributed by atoms with E-state index in [-0.39, 0.29) is 12.5 Å². The molecule has 0 radical (unpaired) electrons. The first-order valence-electron chi connectivity index (χ1n) is 6.86. The molecule has 1 heterocycles. The van der Waals surface area contributed by atoms with E-state index in [2.05, 4.69) is 15.6 Å². The van der Waals surface area contributed by atoms with Gasteiger partial charge in [-0.25, -0.2) is 4.98 Å². The Morgan fingerprint density at radius 1 is 1.38 bits per heavy atom. The molecule has 0 bridgehead atoms. The molecular weight excluding hydrogens is 284 g/mol. The molecule has 2 aromatic rings. The Morgan fingerprint density at radius 2 is 2.14 bits per heavy atom. The number of carbonyl (C=O) groups is 1. The summed E-state index contributed by atoms with van der Waals surface area (Å²) in [5, 5.41) is 6.86. The Morgan fingerprint density at radius 3 is 2.86 bits per heavy atom. The molecule has 108 valence electrons. The van der Waals surface area contributed by atoms with E-state index < -0.39 is 0 Å². The van der Waals surface area contributed by atoms with Crippen molar-refractivity contribution in [1.82, 2.24) is 10.3 Å². The van der Waals surface area contributed by atoms with Crippen LogP contribution in [-0.2, 0) is 4.79 Å². The molecule has 21 heavy (non-hydrogen) atoms. The average molecular weight is 300 g/mol. The van der Waals surface area contributed by atoms with Crippen molar-refractivity contribution in [3.63, 3.8) is 0 Å². The molecule has 4 N–H and O–H groups in total. The summed E-state index contributed by atoms with van der Waals surface area (Å²) < 4.78 is 0. The highest BCUT2D eigenvalue weighted by Gasteiger charge is 2.22. The molecule has 1 aliphatic carbocycles. The Bertz CT molecular complexity index is 712. The largest absolute Gasteiger partial charge is 0.389 e. The van der Waals surface area contributed by atoms with E-state index in [9.17, 15) is 4.79 Å². The number of para-hydroxylation sites is 1. The van der Waals surface area contributed by atoms with Crippen LogP contribution in [0.15, 0.2) is 30.3 Å². The molecule has 0 aliphatic heterocycles. The van der Waals surface area contributed by atoms with Crippen molar-refractivity contribution >= 4 is 39.8 Å². The SMILES string of the molecule is NC(=S)c1cc(NCC(=O)NC2CC2)nc2ccccc12. The smallest absolute Gasteiger partial charge is 0.239 e. The van der Waals surface area contributed by atoms with Crippen molar-refractivity contribution in [3.05, 3.63) is 35.9 Å². The fraction of sp³-hybridized carbons (Fsp3) is 0.267. The van der Waals surface area contributed by atoms with E-state index in [1.165, 1.54) is 0 Å². The molecule has 1 amide bonds. The molecule has 1 fully saturated rings. The maximum Gasteiger partial charge on any atom is 0.239 e.